The first-order valence-electron chi connectivity index (χ1n) is 7.27. The van der Waals surface area contributed by atoms with Crippen LogP contribution in [0.3, 0.4) is 0 Å². The third kappa shape index (κ3) is 4.11. The first-order chi connectivity index (χ1) is 8.75. The standard InChI is InChI=1S/C16H26N2/c1-14(17)16-10-6-12-18(13-16)11-5-9-15-7-3-2-4-8-15/h2-4,7-8,14,16H,5-6,9-13,17H2,1H3. The molecule has 0 amide bonds. The van der Waals surface area contributed by atoms with Gasteiger partial charge in [0.1, 0.15) is 0 Å². The number of hydrogen-bond acceptors (Lipinski definition) is 2. The van der Waals surface area contributed by atoms with Crippen molar-refractivity contribution in [2.75, 3.05) is 19.6 Å². The Morgan fingerprint density at radius 1 is 1.33 bits per heavy atom. The van der Waals surface area contributed by atoms with Gasteiger partial charge in [0.15, 0.2) is 0 Å². The second-order valence-electron chi connectivity index (χ2n) is 5.65. The molecule has 0 aromatic heterocycles. The molecule has 2 unspecified atom stereocenters. The van der Waals surface area contributed by atoms with Crippen molar-refractivity contribution in [1.29, 1.82) is 0 Å². The van der Waals surface area contributed by atoms with Crippen LogP contribution in [0.4, 0.5) is 0 Å². The predicted octanol–water partition coefficient (Wildman–Crippen LogP) is 2.68. The van der Waals surface area contributed by atoms with Gasteiger partial charge in [-0.25, -0.2) is 0 Å². The third-order valence-corrected chi connectivity index (χ3v) is 4.07. The lowest BCUT2D eigenvalue weighted by Gasteiger charge is -2.34. The van der Waals surface area contributed by atoms with Crippen LogP contribution in [0.5, 0.6) is 0 Å². The first-order valence-corrected chi connectivity index (χ1v) is 7.27. The minimum absolute atomic E-state index is 0.349. The van der Waals surface area contributed by atoms with Crippen LogP contribution in [-0.4, -0.2) is 30.6 Å². The summed E-state index contributed by atoms with van der Waals surface area (Å²) in [4.78, 5) is 2.60. The molecular weight excluding hydrogens is 220 g/mol. The molecule has 1 aromatic carbocycles. The smallest absolute Gasteiger partial charge is 0.00509 e. The average Bonchev–Trinajstić information content (AvgIpc) is 2.40. The van der Waals surface area contributed by atoms with E-state index in [9.17, 15) is 0 Å². The van der Waals surface area contributed by atoms with Gasteiger partial charge < -0.3 is 10.6 Å². The van der Waals surface area contributed by atoms with Crippen LogP contribution in [0.15, 0.2) is 30.3 Å². The Morgan fingerprint density at radius 3 is 2.83 bits per heavy atom. The van der Waals surface area contributed by atoms with Crippen molar-refractivity contribution in [1.82, 2.24) is 4.90 Å². The number of nitrogens with two attached hydrogens (primary N) is 1. The van der Waals surface area contributed by atoms with Crippen molar-refractivity contribution in [3.05, 3.63) is 35.9 Å². The molecule has 2 heteroatoms. The van der Waals surface area contributed by atoms with Gasteiger partial charge in [-0.15, -0.1) is 0 Å². The highest BCUT2D eigenvalue weighted by atomic mass is 15.1. The zero-order chi connectivity index (χ0) is 12.8. The lowest BCUT2D eigenvalue weighted by molar-refractivity contribution is 0.160. The third-order valence-electron chi connectivity index (χ3n) is 4.07. The number of likely N-dealkylation sites (tertiary alicyclic amines) is 1. The van der Waals surface area contributed by atoms with Crippen molar-refractivity contribution in [3.8, 4) is 0 Å². The summed E-state index contributed by atoms with van der Waals surface area (Å²) >= 11 is 0. The largest absolute Gasteiger partial charge is 0.328 e. The summed E-state index contributed by atoms with van der Waals surface area (Å²) in [7, 11) is 0. The summed E-state index contributed by atoms with van der Waals surface area (Å²) in [5, 5.41) is 0. The van der Waals surface area contributed by atoms with Gasteiger partial charge >= 0.3 is 0 Å². The maximum atomic E-state index is 6.02. The number of benzene rings is 1. The van der Waals surface area contributed by atoms with E-state index in [1.807, 2.05) is 0 Å². The number of piperidine rings is 1. The van der Waals surface area contributed by atoms with Crippen molar-refractivity contribution >= 4 is 0 Å². The molecule has 1 aliphatic rings. The molecule has 1 aliphatic heterocycles. The topological polar surface area (TPSA) is 29.3 Å². The van der Waals surface area contributed by atoms with Gasteiger partial charge in [0, 0.05) is 12.6 Å². The summed E-state index contributed by atoms with van der Waals surface area (Å²) in [5.41, 5.74) is 7.48. The minimum atomic E-state index is 0.349. The summed E-state index contributed by atoms with van der Waals surface area (Å²) in [5.74, 6) is 0.704. The minimum Gasteiger partial charge on any atom is -0.328 e. The predicted molar refractivity (Wildman–Crippen MR) is 77.6 cm³/mol. The van der Waals surface area contributed by atoms with Crippen molar-refractivity contribution in [2.24, 2.45) is 11.7 Å². The zero-order valence-electron chi connectivity index (χ0n) is 11.5. The van der Waals surface area contributed by atoms with Crippen LogP contribution < -0.4 is 5.73 Å². The number of hydrogen-bond donors (Lipinski definition) is 1. The number of aryl methyl sites for hydroxylation is 1. The average molecular weight is 246 g/mol. The normalized spacial score (nSPS) is 22.9. The lowest BCUT2D eigenvalue weighted by Crippen LogP contribution is -2.42. The zero-order valence-corrected chi connectivity index (χ0v) is 11.5. The molecule has 1 saturated heterocycles. The molecule has 0 radical (unpaired) electrons. The first kappa shape index (κ1) is 13.6. The molecule has 0 aliphatic carbocycles. The van der Waals surface area contributed by atoms with E-state index in [1.165, 1.54) is 50.9 Å². The second-order valence-corrected chi connectivity index (χ2v) is 5.65. The fraction of sp³-hybridized carbons (Fsp3) is 0.625. The van der Waals surface area contributed by atoms with Gasteiger partial charge in [-0.2, -0.15) is 0 Å². The molecule has 1 heterocycles. The molecule has 100 valence electrons. The molecule has 0 bridgehead atoms. The number of rotatable bonds is 5. The van der Waals surface area contributed by atoms with Crippen LogP contribution in [0.2, 0.25) is 0 Å². The van der Waals surface area contributed by atoms with Gasteiger partial charge in [0.05, 0.1) is 0 Å². The van der Waals surface area contributed by atoms with E-state index in [-0.39, 0.29) is 0 Å². The summed E-state index contributed by atoms with van der Waals surface area (Å²) in [6.07, 6.45) is 5.08. The molecule has 2 atom stereocenters. The van der Waals surface area contributed by atoms with Crippen molar-refractivity contribution in [3.63, 3.8) is 0 Å². The molecule has 0 spiro atoms. The molecule has 1 aromatic rings. The molecule has 2 nitrogen and oxygen atoms in total. The lowest BCUT2D eigenvalue weighted by atomic mass is 9.92. The molecular formula is C16H26N2. The van der Waals surface area contributed by atoms with E-state index < -0.39 is 0 Å². The van der Waals surface area contributed by atoms with E-state index >= 15 is 0 Å². The van der Waals surface area contributed by atoms with E-state index in [2.05, 4.69) is 42.2 Å². The highest BCUT2D eigenvalue weighted by molar-refractivity contribution is 5.14. The number of nitrogens with zero attached hydrogens (tertiary/aromatic N) is 1. The fourth-order valence-electron chi connectivity index (χ4n) is 2.88. The highest BCUT2D eigenvalue weighted by Gasteiger charge is 2.21. The van der Waals surface area contributed by atoms with Gasteiger partial charge in [-0.3, -0.25) is 0 Å². The highest BCUT2D eigenvalue weighted by Crippen LogP contribution is 2.19. The van der Waals surface area contributed by atoms with Crippen LogP contribution in [0.1, 0.15) is 31.7 Å². The molecule has 18 heavy (non-hydrogen) atoms. The van der Waals surface area contributed by atoms with Crippen LogP contribution in [0.25, 0.3) is 0 Å². The van der Waals surface area contributed by atoms with Crippen molar-refractivity contribution < 1.29 is 0 Å². The summed E-state index contributed by atoms with van der Waals surface area (Å²) in [6, 6.07) is 11.1. The molecule has 2 rings (SSSR count). The maximum Gasteiger partial charge on any atom is 0.00509 e. The van der Waals surface area contributed by atoms with Crippen LogP contribution in [-0.2, 0) is 6.42 Å². The Hall–Kier alpha value is -0.860. The van der Waals surface area contributed by atoms with E-state index in [0.29, 0.717) is 12.0 Å². The van der Waals surface area contributed by atoms with Gasteiger partial charge in [-0.05, 0) is 57.2 Å². The SMILES string of the molecule is CC(N)C1CCCN(CCCc2ccccc2)C1. The Kier molecular flexibility index (Phi) is 5.21. The van der Waals surface area contributed by atoms with Gasteiger partial charge in [0.25, 0.3) is 0 Å². The Morgan fingerprint density at radius 2 is 2.11 bits per heavy atom. The quantitative estimate of drug-likeness (QED) is 0.865. The molecule has 0 saturated carbocycles. The van der Waals surface area contributed by atoms with E-state index in [0.717, 1.165) is 0 Å². The van der Waals surface area contributed by atoms with E-state index in [1.54, 1.807) is 0 Å². The molecule has 2 N–H and O–H groups in total. The monoisotopic (exact) mass is 246 g/mol. The summed E-state index contributed by atoms with van der Waals surface area (Å²) < 4.78 is 0. The van der Waals surface area contributed by atoms with Crippen molar-refractivity contribution in [2.45, 2.75) is 38.6 Å². The molecule has 1 fully saturated rings. The van der Waals surface area contributed by atoms with Gasteiger partial charge in [0.2, 0.25) is 0 Å². The van der Waals surface area contributed by atoms with Crippen LogP contribution in [0, 0.1) is 5.92 Å². The Labute approximate surface area is 111 Å². The fourth-order valence-corrected chi connectivity index (χ4v) is 2.88. The Balaban J connectivity index is 1.70. The second kappa shape index (κ2) is 6.91. The maximum absolute atomic E-state index is 6.02. The van der Waals surface area contributed by atoms with E-state index in [4.69, 9.17) is 5.73 Å². The van der Waals surface area contributed by atoms with Gasteiger partial charge in [-0.1, -0.05) is 30.3 Å². The Bertz CT molecular complexity index is 334. The van der Waals surface area contributed by atoms with Crippen LogP contribution >= 0.6 is 0 Å². The summed E-state index contributed by atoms with van der Waals surface area (Å²) in [6.45, 7) is 5.83.